The van der Waals surface area contributed by atoms with E-state index in [-0.39, 0.29) is 5.75 Å². The molecule has 1 N–H and O–H groups in total. The van der Waals surface area contributed by atoms with Crippen LogP contribution in [0.15, 0.2) is 42.7 Å². The van der Waals surface area contributed by atoms with E-state index < -0.39 is 12.8 Å². The van der Waals surface area contributed by atoms with Crippen LogP contribution in [0.5, 0.6) is 5.75 Å². The third-order valence-corrected chi connectivity index (χ3v) is 2.59. The summed E-state index contributed by atoms with van der Waals surface area (Å²) in [7, 11) is 0. The summed E-state index contributed by atoms with van der Waals surface area (Å²) in [6.07, 6.45) is -0.333. The van der Waals surface area contributed by atoms with Crippen molar-refractivity contribution in [3.63, 3.8) is 0 Å². The number of halogens is 3. The molecule has 0 atom stereocenters. The Bertz CT molecular complexity index is 544. The zero-order chi connectivity index (χ0) is 15.1. The van der Waals surface area contributed by atoms with Crippen LogP contribution in [-0.2, 0) is 6.42 Å². The Labute approximate surface area is 120 Å². The first-order chi connectivity index (χ1) is 10.0. The van der Waals surface area contributed by atoms with E-state index in [0.717, 1.165) is 5.56 Å². The van der Waals surface area contributed by atoms with Crippen molar-refractivity contribution in [1.82, 2.24) is 9.97 Å². The minimum absolute atomic E-state index is 0.204. The average Bonchev–Trinajstić information content (AvgIpc) is 2.47. The molecule has 0 amide bonds. The fraction of sp³-hybridized carbons (Fsp3) is 0.286. The number of anilines is 1. The Hall–Kier alpha value is -2.31. The number of ether oxygens (including phenoxy) is 1. The molecule has 4 nitrogen and oxygen atoms in total. The molecule has 1 heterocycles. The Balaban J connectivity index is 1.77. The molecule has 1 aromatic heterocycles. The Kier molecular flexibility index (Phi) is 4.97. The molecular formula is C14H14F3N3O. The molecule has 0 aliphatic rings. The second kappa shape index (κ2) is 6.92. The van der Waals surface area contributed by atoms with Gasteiger partial charge in [0.05, 0.1) is 0 Å². The number of rotatable bonds is 6. The first-order valence-electron chi connectivity index (χ1n) is 6.32. The lowest BCUT2D eigenvalue weighted by Gasteiger charge is -2.09. The third-order valence-electron chi connectivity index (χ3n) is 2.59. The summed E-state index contributed by atoms with van der Waals surface area (Å²) < 4.78 is 40.6. The van der Waals surface area contributed by atoms with Gasteiger partial charge in [0.15, 0.2) is 6.61 Å². The largest absolute Gasteiger partial charge is 0.484 e. The number of hydrogen-bond donors (Lipinski definition) is 1. The molecule has 7 heteroatoms. The molecule has 0 unspecified atom stereocenters. The number of aromatic nitrogens is 2. The van der Waals surface area contributed by atoms with Crippen LogP contribution in [0, 0.1) is 0 Å². The molecule has 2 rings (SSSR count). The number of nitrogens with one attached hydrogen (secondary N) is 1. The SMILES string of the molecule is FC(F)(F)COc1ccc(CCNc2ncccn2)cc1. The average molecular weight is 297 g/mol. The van der Waals surface area contributed by atoms with Gasteiger partial charge in [-0.3, -0.25) is 0 Å². The van der Waals surface area contributed by atoms with Crippen LogP contribution < -0.4 is 10.1 Å². The molecule has 0 aliphatic heterocycles. The van der Waals surface area contributed by atoms with E-state index in [0.29, 0.717) is 18.9 Å². The highest BCUT2D eigenvalue weighted by molar-refractivity contribution is 5.29. The van der Waals surface area contributed by atoms with Crippen molar-refractivity contribution in [2.45, 2.75) is 12.6 Å². The summed E-state index contributed by atoms with van der Waals surface area (Å²) in [4.78, 5) is 8.05. The molecule has 21 heavy (non-hydrogen) atoms. The zero-order valence-electron chi connectivity index (χ0n) is 11.1. The van der Waals surface area contributed by atoms with Crippen LogP contribution in [0.25, 0.3) is 0 Å². The zero-order valence-corrected chi connectivity index (χ0v) is 11.1. The summed E-state index contributed by atoms with van der Waals surface area (Å²) in [5.74, 6) is 0.748. The predicted molar refractivity (Wildman–Crippen MR) is 72.2 cm³/mol. The molecule has 1 aromatic carbocycles. The highest BCUT2D eigenvalue weighted by Crippen LogP contribution is 2.18. The minimum atomic E-state index is -4.32. The predicted octanol–water partition coefficient (Wildman–Crippen LogP) is 3.07. The van der Waals surface area contributed by atoms with Gasteiger partial charge in [-0.05, 0) is 30.2 Å². The molecule has 0 bridgehead atoms. The maximum Gasteiger partial charge on any atom is 0.422 e. The van der Waals surface area contributed by atoms with Gasteiger partial charge in [0.25, 0.3) is 0 Å². The fourth-order valence-electron chi connectivity index (χ4n) is 1.63. The first-order valence-corrected chi connectivity index (χ1v) is 6.32. The van der Waals surface area contributed by atoms with Crippen molar-refractivity contribution in [2.75, 3.05) is 18.5 Å². The molecule has 0 saturated heterocycles. The van der Waals surface area contributed by atoms with Gasteiger partial charge in [0, 0.05) is 18.9 Å². The summed E-state index contributed by atoms with van der Waals surface area (Å²) >= 11 is 0. The lowest BCUT2D eigenvalue weighted by atomic mass is 10.1. The second-order valence-corrected chi connectivity index (χ2v) is 4.30. The summed E-state index contributed by atoms with van der Waals surface area (Å²) in [5.41, 5.74) is 0.984. The number of nitrogens with zero attached hydrogens (tertiary/aromatic N) is 2. The second-order valence-electron chi connectivity index (χ2n) is 4.30. The van der Waals surface area contributed by atoms with Crippen LogP contribution in [0.2, 0.25) is 0 Å². The third kappa shape index (κ3) is 5.68. The van der Waals surface area contributed by atoms with Crippen LogP contribution in [-0.4, -0.2) is 29.3 Å². The summed E-state index contributed by atoms with van der Waals surface area (Å²) in [6.45, 7) is -0.647. The topological polar surface area (TPSA) is 47.0 Å². The van der Waals surface area contributed by atoms with Crippen molar-refractivity contribution in [2.24, 2.45) is 0 Å². The maximum absolute atomic E-state index is 12.0. The van der Waals surface area contributed by atoms with Gasteiger partial charge in [0.2, 0.25) is 5.95 Å². The van der Waals surface area contributed by atoms with Gasteiger partial charge >= 0.3 is 6.18 Å². The maximum atomic E-state index is 12.0. The Morgan fingerprint density at radius 3 is 2.33 bits per heavy atom. The standard InChI is InChI=1S/C14H14F3N3O/c15-14(16,17)10-21-12-4-2-11(3-5-12)6-9-20-13-18-7-1-8-19-13/h1-5,7-8H,6,9-10H2,(H,18,19,20). The van der Waals surface area contributed by atoms with Crippen molar-refractivity contribution in [3.8, 4) is 5.75 Å². The summed E-state index contributed by atoms with van der Waals surface area (Å²) in [6, 6.07) is 8.25. The van der Waals surface area contributed by atoms with Gasteiger partial charge in [0.1, 0.15) is 5.75 Å². The van der Waals surface area contributed by atoms with Gasteiger partial charge in [-0.1, -0.05) is 12.1 Å². The lowest BCUT2D eigenvalue weighted by Crippen LogP contribution is -2.19. The number of hydrogen-bond acceptors (Lipinski definition) is 4. The van der Waals surface area contributed by atoms with E-state index in [1.54, 1.807) is 30.6 Å². The number of benzene rings is 1. The quantitative estimate of drug-likeness (QED) is 0.890. The Morgan fingerprint density at radius 1 is 1.05 bits per heavy atom. The molecule has 112 valence electrons. The van der Waals surface area contributed by atoms with Crippen LogP contribution in [0.3, 0.4) is 0 Å². The van der Waals surface area contributed by atoms with Gasteiger partial charge in [-0.15, -0.1) is 0 Å². The van der Waals surface area contributed by atoms with Gasteiger partial charge in [-0.2, -0.15) is 13.2 Å². The van der Waals surface area contributed by atoms with E-state index >= 15 is 0 Å². The minimum Gasteiger partial charge on any atom is -0.484 e. The fourth-order valence-corrected chi connectivity index (χ4v) is 1.63. The smallest absolute Gasteiger partial charge is 0.422 e. The highest BCUT2D eigenvalue weighted by Gasteiger charge is 2.28. The molecular weight excluding hydrogens is 283 g/mol. The normalized spacial score (nSPS) is 11.2. The molecule has 0 fully saturated rings. The van der Waals surface area contributed by atoms with Crippen LogP contribution in [0.4, 0.5) is 19.1 Å². The van der Waals surface area contributed by atoms with E-state index in [9.17, 15) is 13.2 Å². The summed E-state index contributed by atoms with van der Waals surface area (Å²) in [5, 5.41) is 3.05. The Morgan fingerprint density at radius 2 is 1.71 bits per heavy atom. The monoisotopic (exact) mass is 297 g/mol. The van der Waals surface area contributed by atoms with Crippen molar-refractivity contribution < 1.29 is 17.9 Å². The molecule has 2 aromatic rings. The first kappa shape index (κ1) is 15.1. The molecule has 0 radical (unpaired) electrons. The van der Waals surface area contributed by atoms with E-state index in [1.807, 2.05) is 0 Å². The van der Waals surface area contributed by atoms with Gasteiger partial charge < -0.3 is 10.1 Å². The molecule has 0 saturated carbocycles. The molecule has 0 spiro atoms. The van der Waals surface area contributed by atoms with Crippen molar-refractivity contribution in [1.29, 1.82) is 0 Å². The van der Waals surface area contributed by atoms with Crippen LogP contribution >= 0.6 is 0 Å². The van der Waals surface area contributed by atoms with E-state index in [1.165, 1.54) is 12.1 Å². The van der Waals surface area contributed by atoms with E-state index in [2.05, 4.69) is 20.0 Å². The highest BCUT2D eigenvalue weighted by atomic mass is 19.4. The van der Waals surface area contributed by atoms with Crippen LogP contribution in [0.1, 0.15) is 5.56 Å². The lowest BCUT2D eigenvalue weighted by molar-refractivity contribution is -0.153. The van der Waals surface area contributed by atoms with Crippen molar-refractivity contribution in [3.05, 3.63) is 48.3 Å². The van der Waals surface area contributed by atoms with E-state index in [4.69, 9.17) is 0 Å². The van der Waals surface area contributed by atoms with Crippen molar-refractivity contribution >= 4 is 5.95 Å². The molecule has 0 aliphatic carbocycles. The van der Waals surface area contributed by atoms with Gasteiger partial charge in [-0.25, -0.2) is 9.97 Å². The number of alkyl halides is 3.